The molecule has 1 aliphatic rings. The Hall–Kier alpha value is -1.39. The number of carboxylic acid groups (broad SMARTS) is 1. The molecule has 2 unspecified atom stereocenters. The molecular formula is C13H12O3S. The van der Waals surface area contributed by atoms with E-state index in [-0.39, 0.29) is 6.10 Å². The fraction of sp³-hybridized carbons (Fsp3) is 0.308. The molecule has 3 rings (SSSR count). The summed E-state index contributed by atoms with van der Waals surface area (Å²) in [7, 11) is 0. The molecule has 0 amide bonds. The highest BCUT2D eigenvalue weighted by Crippen LogP contribution is 2.40. The van der Waals surface area contributed by atoms with Crippen LogP contribution in [0, 0.1) is 5.92 Å². The lowest BCUT2D eigenvalue weighted by atomic mass is 9.95. The topological polar surface area (TPSA) is 46.5 Å². The van der Waals surface area contributed by atoms with Crippen molar-refractivity contribution < 1.29 is 14.6 Å². The van der Waals surface area contributed by atoms with Crippen molar-refractivity contribution in [3.63, 3.8) is 0 Å². The Labute approximate surface area is 103 Å². The fourth-order valence-corrected chi connectivity index (χ4v) is 3.35. The molecular weight excluding hydrogens is 236 g/mol. The molecule has 2 aromatic rings. The van der Waals surface area contributed by atoms with Crippen molar-refractivity contribution in [3.05, 3.63) is 35.2 Å². The quantitative estimate of drug-likeness (QED) is 0.888. The van der Waals surface area contributed by atoms with Crippen LogP contribution in [0.25, 0.3) is 10.1 Å². The molecule has 1 fully saturated rings. The van der Waals surface area contributed by atoms with E-state index < -0.39 is 11.9 Å². The Bertz CT molecular complexity index is 561. The summed E-state index contributed by atoms with van der Waals surface area (Å²) < 4.78 is 6.79. The van der Waals surface area contributed by atoms with E-state index in [1.165, 1.54) is 4.70 Å². The van der Waals surface area contributed by atoms with Gasteiger partial charge in [-0.2, -0.15) is 0 Å². The summed E-state index contributed by atoms with van der Waals surface area (Å²) in [4.78, 5) is 11.2. The van der Waals surface area contributed by atoms with Gasteiger partial charge in [-0.05, 0) is 23.3 Å². The average molecular weight is 248 g/mol. The van der Waals surface area contributed by atoms with Gasteiger partial charge in [0, 0.05) is 16.9 Å². The summed E-state index contributed by atoms with van der Waals surface area (Å²) in [5.41, 5.74) is 1.02. The third kappa shape index (κ3) is 1.73. The van der Waals surface area contributed by atoms with Gasteiger partial charge in [0.25, 0.3) is 0 Å². The Morgan fingerprint density at radius 2 is 2.24 bits per heavy atom. The van der Waals surface area contributed by atoms with Crippen molar-refractivity contribution >= 4 is 27.4 Å². The van der Waals surface area contributed by atoms with Gasteiger partial charge in [0.1, 0.15) is 0 Å². The maximum absolute atomic E-state index is 11.2. The number of hydrogen-bond donors (Lipinski definition) is 1. The minimum atomic E-state index is -0.761. The van der Waals surface area contributed by atoms with Crippen LogP contribution < -0.4 is 0 Å². The van der Waals surface area contributed by atoms with Gasteiger partial charge in [-0.25, -0.2) is 0 Å². The van der Waals surface area contributed by atoms with Gasteiger partial charge < -0.3 is 9.84 Å². The zero-order valence-corrected chi connectivity index (χ0v) is 9.94. The van der Waals surface area contributed by atoms with E-state index in [4.69, 9.17) is 4.74 Å². The zero-order valence-electron chi connectivity index (χ0n) is 9.13. The first-order chi connectivity index (χ1) is 8.27. The van der Waals surface area contributed by atoms with Crippen LogP contribution in [0.1, 0.15) is 18.1 Å². The van der Waals surface area contributed by atoms with Crippen LogP contribution in [0.4, 0.5) is 0 Å². The van der Waals surface area contributed by atoms with E-state index in [0.717, 1.165) is 10.9 Å². The maximum atomic E-state index is 11.2. The molecule has 4 heteroatoms. The number of carbonyl (C=O) groups is 1. The largest absolute Gasteiger partial charge is 0.481 e. The number of benzene rings is 1. The van der Waals surface area contributed by atoms with Gasteiger partial charge in [0.15, 0.2) is 0 Å². The van der Waals surface area contributed by atoms with Gasteiger partial charge in [0.05, 0.1) is 12.0 Å². The molecule has 2 heterocycles. The molecule has 1 aromatic heterocycles. The molecule has 0 spiro atoms. The molecule has 3 nitrogen and oxygen atoms in total. The van der Waals surface area contributed by atoms with Crippen LogP contribution in [-0.2, 0) is 9.53 Å². The highest BCUT2D eigenvalue weighted by molar-refractivity contribution is 7.17. The predicted octanol–water partition coefficient (Wildman–Crippen LogP) is 3.06. The Morgan fingerprint density at radius 1 is 1.41 bits per heavy atom. The van der Waals surface area contributed by atoms with Gasteiger partial charge in [0.2, 0.25) is 0 Å². The van der Waals surface area contributed by atoms with Gasteiger partial charge in [-0.15, -0.1) is 11.3 Å². The Balaban J connectivity index is 2.06. The maximum Gasteiger partial charge on any atom is 0.309 e. The SMILES string of the molecule is O=C(O)C1CCOC1c1csc2ccccc12. The predicted molar refractivity (Wildman–Crippen MR) is 66.3 cm³/mol. The summed E-state index contributed by atoms with van der Waals surface area (Å²) >= 11 is 1.64. The van der Waals surface area contributed by atoms with Crippen LogP contribution >= 0.6 is 11.3 Å². The molecule has 2 atom stereocenters. The molecule has 0 saturated carbocycles. The summed E-state index contributed by atoms with van der Waals surface area (Å²) in [5, 5.41) is 12.3. The van der Waals surface area contributed by atoms with E-state index in [1.807, 2.05) is 29.6 Å². The molecule has 1 N–H and O–H groups in total. The second kappa shape index (κ2) is 4.13. The van der Waals surface area contributed by atoms with E-state index in [1.54, 1.807) is 11.3 Å². The molecule has 1 aliphatic heterocycles. The number of hydrogen-bond acceptors (Lipinski definition) is 3. The van der Waals surface area contributed by atoms with E-state index >= 15 is 0 Å². The number of carboxylic acids is 1. The van der Waals surface area contributed by atoms with Crippen LogP contribution in [-0.4, -0.2) is 17.7 Å². The first kappa shape index (κ1) is 10.7. The van der Waals surface area contributed by atoms with Crippen LogP contribution in [0.3, 0.4) is 0 Å². The van der Waals surface area contributed by atoms with Gasteiger partial charge in [-0.1, -0.05) is 18.2 Å². The Kier molecular flexibility index (Phi) is 2.61. The number of rotatable bonds is 2. The smallest absolute Gasteiger partial charge is 0.309 e. The highest BCUT2D eigenvalue weighted by atomic mass is 32.1. The van der Waals surface area contributed by atoms with E-state index in [9.17, 15) is 9.90 Å². The monoisotopic (exact) mass is 248 g/mol. The number of fused-ring (bicyclic) bond motifs is 1. The molecule has 17 heavy (non-hydrogen) atoms. The molecule has 1 saturated heterocycles. The van der Waals surface area contributed by atoms with Crippen molar-refractivity contribution in [3.8, 4) is 0 Å². The summed E-state index contributed by atoms with van der Waals surface area (Å²) in [6.07, 6.45) is 0.313. The third-order valence-corrected chi connectivity index (χ3v) is 4.21. The standard InChI is InChI=1S/C13H12O3S/c14-13(15)9-5-6-16-12(9)10-7-17-11-4-2-1-3-8(10)11/h1-4,7,9,12H,5-6H2,(H,14,15). The van der Waals surface area contributed by atoms with Crippen molar-refractivity contribution in [2.75, 3.05) is 6.61 Å². The first-order valence-corrected chi connectivity index (χ1v) is 6.46. The highest BCUT2D eigenvalue weighted by Gasteiger charge is 2.36. The van der Waals surface area contributed by atoms with Crippen molar-refractivity contribution in [2.45, 2.75) is 12.5 Å². The van der Waals surface area contributed by atoms with Gasteiger partial charge >= 0.3 is 5.97 Å². The number of aliphatic carboxylic acids is 1. The second-order valence-corrected chi connectivity index (χ2v) is 5.12. The number of ether oxygens (including phenoxy) is 1. The van der Waals surface area contributed by atoms with Gasteiger partial charge in [-0.3, -0.25) is 4.79 Å². The minimum absolute atomic E-state index is 0.288. The van der Waals surface area contributed by atoms with E-state index in [2.05, 4.69) is 0 Å². The zero-order chi connectivity index (χ0) is 11.8. The van der Waals surface area contributed by atoms with E-state index in [0.29, 0.717) is 13.0 Å². The van der Waals surface area contributed by atoms with Crippen molar-refractivity contribution in [1.82, 2.24) is 0 Å². The third-order valence-electron chi connectivity index (χ3n) is 3.23. The molecule has 0 bridgehead atoms. The van der Waals surface area contributed by atoms with Crippen molar-refractivity contribution in [1.29, 1.82) is 0 Å². The molecule has 0 aliphatic carbocycles. The minimum Gasteiger partial charge on any atom is -0.481 e. The molecule has 1 aromatic carbocycles. The van der Waals surface area contributed by atoms with Crippen molar-refractivity contribution in [2.24, 2.45) is 5.92 Å². The van der Waals surface area contributed by atoms with Crippen LogP contribution in [0.2, 0.25) is 0 Å². The van der Waals surface area contributed by atoms with Crippen LogP contribution in [0.15, 0.2) is 29.6 Å². The normalized spacial score (nSPS) is 24.2. The lowest BCUT2D eigenvalue weighted by Gasteiger charge is -2.14. The molecule has 0 radical (unpaired) electrons. The molecule has 88 valence electrons. The summed E-state index contributed by atoms with van der Waals surface area (Å²) in [6, 6.07) is 8.05. The number of thiophene rings is 1. The summed E-state index contributed by atoms with van der Waals surface area (Å²) in [5.74, 6) is -1.17. The van der Waals surface area contributed by atoms with Crippen LogP contribution in [0.5, 0.6) is 0 Å². The average Bonchev–Trinajstić information content (AvgIpc) is 2.94. The first-order valence-electron chi connectivity index (χ1n) is 5.58. The summed E-state index contributed by atoms with van der Waals surface area (Å²) in [6.45, 7) is 0.534. The lowest BCUT2D eigenvalue weighted by molar-refractivity contribution is -0.143. The Morgan fingerprint density at radius 3 is 3.06 bits per heavy atom. The second-order valence-electron chi connectivity index (χ2n) is 4.21. The lowest BCUT2D eigenvalue weighted by Crippen LogP contribution is -2.17. The fourth-order valence-electron chi connectivity index (χ4n) is 2.37.